The number of carbonyl (C=O) groups is 1. The van der Waals surface area contributed by atoms with Crippen LogP contribution in [0.5, 0.6) is 0 Å². The van der Waals surface area contributed by atoms with Crippen LogP contribution in [0.15, 0.2) is 12.2 Å². The van der Waals surface area contributed by atoms with E-state index in [0.717, 1.165) is 25.8 Å². The maximum absolute atomic E-state index is 11.4. The third kappa shape index (κ3) is 5.45. The third-order valence-corrected chi connectivity index (χ3v) is 2.77. The lowest BCUT2D eigenvalue weighted by atomic mass is 9.96. The van der Waals surface area contributed by atoms with Crippen molar-refractivity contribution < 1.29 is 4.79 Å². The van der Waals surface area contributed by atoms with Gasteiger partial charge in [-0.1, -0.05) is 31.4 Å². The van der Waals surface area contributed by atoms with E-state index in [1.165, 1.54) is 19.3 Å². The molecule has 0 atom stereocenters. The fourth-order valence-corrected chi connectivity index (χ4v) is 1.92. The SMILES string of the molecule is C/C=C/CCNC(=O)NC1CCCCC1. The maximum atomic E-state index is 11.4. The van der Waals surface area contributed by atoms with Gasteiger partial charge in [0.05, 0.1) is 0 Å². The van der Waals surface area contributed by atoms with Crippen LogP contribution in [0.3, 0.4) is 0 Å². The Bertz CT molecular complexity index is 208. The lowest BCUT2D eigenvalue weighted by Gasteiger charge is -2.22. The van der Waals surface area contributed by atoms with E-state index in [0.29, 0.717) is 6.04 Å². The summed E-state index contributed by atoms with van der Waals surface area (Å²) in [5.74, 6) is 0. The molecule has 0 spiro atoms. The number of nitrogens with one attached hydrogen (secondary N) is 2. The summed E-state index contributed by atoms with van der Waals surface area (Å²) in [6, 6.07) is 0.395. The molecule has 1 fully saturated rings. The average Bonchev–Trinajstić information content (AvgIpc) is 2.26. The molecule has 1 aliphatic rings. The number of urea groups is 1. The molecule has 3 nitrogen and oxygen atoms in total. The molecule has 0 aromatic rings. The third-order valence-electron chi connectivity index (χ3n) is 2.77. The second-order valence-corrected chi connectivity index (χ2v) is 4.09. The minimum Gasteiger partial charge on any atom is -0.338 e. The van der Waals surface area contributed by atoms with Gasteiger partial charge in [-0.25, -0.2) is 4.79 Å². The zero-order valence-corrected chi connectivity index (χ0v) is 9.59. The zero-order chi connectivity index (χ0) is 10.9. The molecule has 2 N–H and O–H groups in total. The smallest absolute Gasteiger partial charge is 0.315 e. The Kier molecular flexibility index (Phi) is 5.90. The van der Waals surface area contributed by atoms with Gasteiger partial charge in [-0.05, 0) is 26.2 Å². The van der Waals surface area contributed by atoms with Gasteiger partial charge >= 0.3 is 6.03 Å². The summed E-state index contributed by atoms with van der Waals surface area (Å²) in [6.45, 7) is 2.71. The highest BCUT2D eigenvalue weighted by Crippen LogP contribution is 2.16. The van der Waals surface area contributed by atoms with Gasteiger partial charge in [0, 0.05) is 12.6 Å². The minimum atomic E-state index is -0.00796. The van der Waals surface area contributed by atoms with Crippen LogP contribution >= 0.6 is 0 Å². The summed E-state index contributed by atoms with van der Waals surface area (Å²) in [4.78, 5) is 11.4. The largest absolute Gasteiger partial charge is 0.338 e. The number of amides is 2. The summed E-state index contributed by atoms with van der Waals surface area (Å²) in [7, 11) is 0. The summed E-state index contributed by atoms with van der Waals surface area (Å²) in [5.41, 5.74) is 0. The second-order valence-electron chi connectivity index (χ2n) is 4.09. The van der Waals surface area contributed by atoms with Crippen LogP contribution in [-0.4, -0.2) is 18.6 Å². The van der Waals surface area contributed by atoms with Crippen molar-refractivity contribution in [3.63, 3.8) is 0 Å². The molecule has 0 aromatic heterocycles. The van der Waals surface area contributed by atoms with Crippen LogP contribution in [-0.2, 0) is 0 Å². The molecule has 1 rings (SSSR count). The van der Waals surface area contributed by atoms with Gasteiger partial charge < -0.3 is 10.6 Å². The molecule has 15 heavy (non-hydrogen) atoms. The number of rotatable bonds is 4. The van der Waals surface area contributed by atoms with Crippen molar-refractivity contribution >= 4 is 6.03 Å². The Morgan fingerprint density at radius 2 is 2.07 bits per heavy atom. The normalized spacial score (nSPS) is 17.9. The predicted molar refractivity (Wildman–Crippen MR) is 62.8 cm³/mol. The van der Waals surface area contributed by atoms with Gasteiger partial charge in [0.25, 0.3) is 0 Å². The van der Waals surface area contributed by atoms with Crippen molar-refractivity contribution in [3.05, 3.63) is 12.2 Å². The average molecular weight is 210 g/mol. The number of hydrogen-bond acceptors (Lipinski definition) is 1. The first-order chi connectivity index (χ1) is 7.33. The number of allylic oxidation sites excluding steroid dienone is 1. The lowest BCUT2D eigenvalue weighted by molar-refractivity contribution is 0.233. The molecule has 0 aromatic carbocycles. The molecule has 3 heteroatoms. The second kappa shape index (κ2) is 7.32. The van der Waals surface area contributed by atoms with E-state index in [-0.39, 0.29) is 6.03 Å². The first kappa shape index (κ1) is 12.1. The van der Waals surface area contributed by atoms with Gasteiger partial charge in [0.2, 0.25) is 0 Å². The molecule has 0 aliphatic heterocycles. The molecule has 0 saturated heterocycles. The molecule has 0 bridgehead atoms. The molecule has 0 unspecified atom stereocenters. The molecular weight excluding hydrogens is 188 g/mol. The van der Waals surface area contributed by atoms with Crippen molar-refractivity contribution in [2.75, 3.05) is 6.54 Å². The van der Waals surface area contributed by atoms with Crippen LogP contribution in [0.4, 0.5) is 4.79 Å². The van der Waals surface area contributed by atoms with Crippen molar-refractivity contribution in [1.82, 2.24) is 10.6 Å². The van der Waals surface area contributed by atoms with Crippen molar-refractivity contribution in [3.8, 4) is 0 Å². The quantitative estimate of drug-likeness (QED) is 0.543. The molecular formula is C12H22N2O. The van der Waals surface area contributed by atoms with Gasteiger partial charge in [0.1, 0.15) is 0 Å². The van der Waals surface area contributed by atoms with Crippen LogP contribution in [0.25, 0.3) is 0 Å². The minimum absolute atomic E-state index is 0.00796. The lowest BCUT2D eigenvalue weighted by Crippen LogP contribution is -2.43. The van der Waals surface area contributed by atoms with E-state index in [1.807, 2.05) is 13.0 Å². The van der Waals surface area contributed by atoms with E-state index in [9.17, 15) is 4.79 Å². The zero-order valence-electron chi connectivity index (χ0n) is 9.59. The van der Waals surface area contributed by atoms with E-state index < -0.39 is 0 Å². The van der Waals surface area contributed by atoms with Crippen LogP contribution < -0.4 is 10.6 Å². The highest BCUT2D eigenvalue weighted by atomic mass is 16.2. The fourth-order valence-electron chi connectivity index (χ4n) is 1.92. The Hall–Kier alpha value is -0.990. The first-order valence-electron chi connectivity index (χ1n) is 5.98. The van der Waals surface area contributed by atoms with Gasteiger partial charge in [0.15, 0.2) is 0 Å². The highest BCUT2D eigenvalue weighted by molar-refractivity contribution is 5.74. The molecule has 0 heterocycles. The summed E-state index contributed by atoms with van der Waals surface area (Å²) < 4.78 is 0. The molecule has 2 amide bonds. The Morgan fingerprint density at radius 3 is 2.73 bits per heavy atom. The van der Waals surface area contributed by atoms with Crippen molar-refractivity contribution in [2.45, 2.75) is 51.5 Å². The van der Waals surface area contributed by atoms with Crippen LogP contribution in [0, 0.1) is 0 Å². The highest BCUT2D eigenvalue weighted by Gasteiger charge is 2.14. The predicted octanol–water partition coefficient (Wildman–Crippen LogP) is 2.58. The number of carbonyl (C=O) groups excluding carboxylic acids is 1. The summed E-state index contributed by atoms with van der Waals surface area (Å²) in [5, 5.41) is 5.89. The van der Waals surface area contributed by atoms with E-state index in [2.05, 4.69) is 16.7 Å². The van der Waals surface area contributed by atoms with Crippen molar-refractivity contribution in [2.24, 2.45) is 0 Å². The first-order valence-corrected chi connectivity index (χ1v) is 5.98. The maximum Gasteiger partial charge on any atom is 0.315 e. The Morgan fingerprint density at radius 1 is 1.33 bits per heavy atom. The molecule has 1 aliphatic carbocycles. The fraction of sp³-hybridized carbons (Fsp3) is 0.750. The van der Waals surface area contributed by atoms with E-state index in [4.69, 9.17) is 0 Å². The monoisotopic (exact) mass is 210 g/mol. The van der Waals surface area contributed by atoms with E-state index >= 15 is 0 Å². The van der Waals surface area contributed by atoms with E-state index in [1.54, 1.807) is 0 Å². The standard InChI is InChI=1S/C12H22N2O/c1-2-3-7-10-13-12(15)14-11-8-5-4-6-9-11/h2-3,11H,4-10H2,1H3,(H2,13,14,15)/b3-2+. The van der Waals surface area contributed by atoms with Gasteiger partial charge in [-0.2, -0.15) is 0 Å². The molecule has 0 radical (unpaired) electrons. The topological polar surface area (TPSA) is 41.1 Å². The summed E-state index contributed by atoms with van der Waals surface area (Å²) in [6.07, 6.45) is 11.1. The Labute approximate surface area is 92.3 Å². The summed E-state index contributed by atoms with van der Waals surface area (Å²) >= 11 is 0. The molecule has 86 valence electrons. The Balaban J connectivity index is 2.06. The van der Waals surface area contributed by atoms with Crippen LogP contribution in [0.1, 0.15) is 45.4 Å². The van der Waals surface area contributed by atoms with Gasteiger partial charge in [-0.15, -0.1) is 0 Å². The van der Waals surface area contributed by atoms with Crippen LogP contribution in [0.2, 0.25) is 0 Å². The number of hydrogen-bond donors (Lipinski definition) is 2. The van der Waals surface area contributed by atoms with Crippen molar-refractivity contribution in [1.29, 1.82) is 0 Å². The van der Waals surface area contributed by atoms with Gasteiger partial charge in [-0.3, -0.25) is 0 Å². The molecule has 1 saturated carbocycles.